The van der Waals surface area contributed by atoms with Crippen molar-refractivity contribution in [2.24, 2.45) is 0 Å². The fraction of sp³-hybridized carbons (Fsp3) is 0.926. The summed E-state index contributed by atoms with van der Waals surface area (Å²) in [5.41, 5.74) is 0. The summed E-state index contributed by atoms with van der Waals surface area (Å²) in [7, 11) is 0. The Balaban J connectivity index is 6.21. The number of rotatable bonds is 50. The zero-order chi connectivity index (χ0) is 44.7. The minimum Gasteiger partial charge on any atom is -0.494 e. The molecule has 0 aromatic heterocycles. The van der Waals surface area contributed by atoms with Crippen molar-refractivity contribution >= 4 is 0 Å². The summed E-state index contributed by atoms with van der Waals surface area (Å²) >= 11 is 0. The highest BCUT2D eigenvalue weighted by Crippen LogP contribution is 2.28. The molecule has 0 bridgehead atoms. The van der Waals surface area contributed by atoms with E-state index in [-0.39, 0.29) is 25.8 Å². The Labute approximate surface area is 380 Å². The van der Waals surface area contributed by atoms with Crippen LogP contribution in [0.2, 0.25) is 0 Å². The third kappa shape index (κ3) is 35.6. The van der Waals surface area contributed by atoms with Crippen LogP contribution in [-0.4, -0.2) is 52.2 Å². The Morgan fingerprint density at radius 1 is 0.295 bits per heavy atom. The van der Waals surface area contributed by atoms with Crippen molar-refractivity contribution < 1.29 is 33.2 Å². The highest BCUT2D eigenvalue weighted by Gasteiger charge is 2.25. The van der Waals surface area contributed by atoms with Crippen molar-refractivity contribution in [1.29, 1.82) is 0 Å². The van der Waals surface area contributed by atoms with Crippen molar-refractivity contribution in [3.05, 3.63) is 23.0 Å². The van der Waals surface area contributed by atoms with Gasteiger partial charge in [-0.1, -0.05) is 209 Å². The van der Waals surface area contributed by atoms with Gasteiger partial charge in [0.15, 0.2) is 25.1 Å². The topological polar surface area (TPSA) is 64.6 Å². The minimum absolute atomic E-state index is 0.132. The highest BCUT2D eigenvalue weighted by atomic mass is 16.7. The molecular weight excluding hydrogens is 761 g/mol. The summed E-state index contributed by atoms with van der Waals surface area (Å²) in [6.07, 6.45) is 39.0. The summed E-state index contributed by atoms with van der Waals surface area (Å²) in [6, 6.07) is 0. The first-order valence-corrected chi connectivity index (χ1v) is 26.9. The number of ether oxygens (including phenoxy) is 7. The Hall–Kier alpha value is -1.44. The smallest absolute Gasteiger partial charge is 0.162 e. The molecule has 0 aliphatic rings. The fourth-order valence-electron chi connectivity index (χ4n) is 7.44. The molecule has 0 fully saturated rings. The molecule has 61 heavy (non-hydrogen) atoms. The van der Waals surface area contributed by atoms with Crippen molar-refractivity contribution in [3.63, 3.8) is 0 Å². The number of hydrogen-bond acceptors (Lipinski definition) is 7. The predicted molar refractivity (Wildman–Crippen MR) is 261 cm³/mol. The van der Waals surface area contributed by atoms with Gasteiger partial charge in [-0.2, -0.15) is 0 Å². The summed E-state index contributed by atoms with van der Waals surface area (Å²) in [5.74, 6) is 3.79. The van der Waals surface area contributed by atoms with Crippen LogP contribution in [0.25, 0.3) is 0 Å². The van der Waals surface area contributed by atoms with Gasteiger partial charge < -0.3 is 33.2 Å². The SMILES string of the molecule is CCCCCCCCCCC(OCCCC)=C(OCCCC)C(CCCCC)OCOCOC(CCCCC)C(OCCCC)=C(CCCCCCCCCC)OCCCC. The van der Waals surface area contributed by atoms with Crippen LogP contribution in [0.4, 0.5) is 0 Å². The van der Waals surface area contributed by atoms with E-state index in [1.807, 2.05) is 0 Å². The Morgan fingerprint density at radius 3 is 0.902 bits per heavy atom. The Bertz CT molecular complexity index is 876. The maximum atomic E-state index is 6.66. The lowest BCUT2D eigenvalue weighted by atomic mass is 10.0. The molecule has 0 spiro atoms. The molecule has 0 aliphatic heterocycles. The van der Waals surface area contributed by atoms with E-state index in [9.17, 15) is 0 Å². The van der Waals surface area contributed by atoms with Gasteiger partial charge >= 0.3 is 0 Å². The predicted octanol–water partition coefficient (Wildman–Crippen LogP) is 17.6. The lowest BCUT2D eigenvalue weighted by Crippen LogP contribution is -2.25. The molecule has 0 rings (SSSR count). The molecule has 2 unspecified atom stereocenters. The van der Waals surface area contributed by atoms with Gasteiger partial charge in [-0.3, -0.25) is 0 Å². The maximum absolute atomic E-state index is 6.66. The third-order valence-electron chi connectivity index (χ3n) is 11.6. The van der Waals surface area contributed by atoms with Crippen molar-refractivity contribution in [1.82, 2.24) is 0 Å². The second kappa shape index (κ2) is 48.0. The second-order valence-corrected chi connectivity index (χ2v) is 17.6. The molecule has 0 aromatic rings. The summed E-state index contributed by atoms with van der Waals surface area (Å²) in [6.45, 7) is 21.0. The Kier molecular flexibility index (Phi) is 46.9. The zero-order valence-electron chi connectivity index (χ0n) is 42.3. The first-order valence-electron chi connectivity index (χ1n) is 26.9. The molecule has 0 amide bonds. The van der Waals surface area contributed by atoms with E-state index in [1.165, 1.54) is 89.9 Å². The Morgan fingerprint density at radius 2 is 0.574 bits per heavy atom. The zero-order valence-corrected chi connectivity index (χ0v) is 42.3. The molecule has 0 aliphatic carbocycles. The van der Waals surface area contributed by atoms with E-state index in [4.69, 9.17) is 33.2 Å². The van der Waals surface area contributed by atoms with Gasteiger partial charge in [-0.25, -0.2) is 0 Å². The van der Waals surface area contributed by atoms with Crippen LogP contribution < -0.4 is 0 Å². The fourth-order valence-corrected chi connectivity index (χ4v) is 7.44. The van der Waals surface area contributed by atoms with E-state index in [2.05, 4.69) is 55.4 Å². The molecule has 0 radical (unpaired) electrons. The molecule has 2 atom stereocenters. The van der Waals surface area contributed by atoms with Crippen LogP contribution in [0.5, 0.6) is 0 Å². The van der Waals surface area contributed by atoms with Gasteiger partial charge in [0.1, 0.15) is 23.7 Å². The molecule has 0 saturated heterocycles. The summed E-state index contributed by atoms with van der Waals surface area (Å²) in [4.78, 5) is 0. The first-order chi connectivity index (χ1) is 30.1. The number of unbranched alkanes of at least 4 members (excludes halogenated alkanes) is 22. The summed E-state index contributed by atoms with van der Waals surface area (Å²) < 4.78 is 46.1. The highest BCUT2D eigenvalue weighted by molar-refractivity contribution is 5.09. The van der Waals surface area contributed by atoms with Crippen molar-refractivity contribution in [3.8, 4) is 0 Å². The lowest BCUT2D eigenvalue weighted by Gasteiger charge is -2.26. The van der Waals surface area contributed by atoms with Crippen LogP contribution in [0, 0.1) is 0 Å². The van der Waals surface area contributed by atoms with Crippen LogP contribution in [0.3, 0.4) is 0 Å². The lowest BCUT2D eigenvalue weighted by molar-refractivity contribution is -0.167. The van der Waals surface area contributed by atoms with Crippen LogP contribution >= 0.6 is 0 Å². The van der Waals surface area contributed by atoms with Crippen LogP contribution in [0.15, 0.2) is 23.0 Å². The van der Waals surface area contributed by atoms with Crippen molar-refractivity contribution in [2.75, 3.05) is 40.0 Å². The molecule has 364 valence electrons. The van der Waals surface area contributed by atoms with Gasteiger partial charge in [0.25, 0.3) is 0 Å². The number of hydrogen-bond donors (Lipinski definition) is 0. The monoisotopic (exact) mass is 867 g/mol. The van der Waals surface area contributed by atoms with E-state index in [0.717, 1.165) is 151 Å². The largest absolute Gasteiger partial charge is 0.494 e. The van der Waals surface area contributed by atoms with Gasteiger partial charge in [0, 0.05) is 12.8 Å². The van der Waals surface area contributed by atoms with Gasteiger partial charge in [0.2, 0.25) is 0 Å². The van der Waals surface area contributed by atoms with Gasteiger partial charge in [0.05, 0.1) is 26.4 Å². The molecule has 7 nitrogen and oxygen atoms in total. The average molecular weight is 867 g/mol. The first kappa shape index (κ1) is 59.6. The third-order valence-corrected chi connectivity index (χ3v) is 11.6. The molecule has 0 heterocycles. The minimum atomic E-state index is -0.215. The van der Waals surface area contributed by atoms with E-state index < -0.39 is 0 Å². The van der Waals surface area contributed by atoms with Crippen LogP contribution in [-0.2, 0) is 33.2 Å². The molecule has 0 saturated carbocycles. The van der Waals surface area contributed by atoms with E-state index in [1.54, 1.807) is 0 Å². The summed E-state index contributed by atoms with van der Waals surface area (Å²) in [5, 5.41) is 0. The molecule has 0 N–H and O–H groups in total. The maximum Gasteiger partial charge on any atom is 0.162 e. The molecule has 7 heteroatoms. The second-order valence-electron chi connectivity index (χ2n) is 17.6. The standard InChI is InChI=1S/C54H106O7/c1-9-17-25-27-29-31-33-37-41-49(56-43-21-13-5)53(58-45-23-15-7)51(39-35-19-11-3)60-47-55-48-61-52(40-36-20-12-4)54(59-46-24-16-8)50(57-44-22-14-6)42-38-34-32-30-28-26-18-10-2/h51-52H,9-48H2,1-8H3. The van der Waals surface area contributed by atoms with Crippen LogP contribution in [0.1, 0.15) is 274 Å². The normalized spacial score (nSPS) is 13.5. The van der Waals surface area contributed by atoms with Gasteiger partial charge in [-0.15, -0.1) is 0 Å². The molecular formula is C54H106O7. The molecule has 0 aromatic carbocycles. The van der Waals surface area contributed by atoms with E-state index >= 15 is 0 Å². The van der Waals surface area contributed by atoms with E-state index in [0.29, 0.717) is 26.4 Å². The van der Waals surface area contributed by atoms with Crippen molar-refractivity contribution in [2.45, 2.75) is 286 Å². The quantitative estimate of drug-likeness (QED) is 0.0343. The van der Waals surface area contributed by atoms with Gasteiger partial charge in [-0.05, 0) is 51.4 Å². The number of allylic oxidation sites excluding steroid dienone is 2. The average Bonchev–Trinajstić information content (AvgIpc) is 3.26.